The van der Waals surface area contributed by atoms with Gasteiger partial charge in [-0.15, -0.1) is 0 Å². The zero-order valence-corrected chi connectivity index (χ0v) is 8.65. The number of phenolic OH excluding ortho intramolecular Hbond substituents is 1. The number of benzene rings is 1. The van der Waals surface area contributed by atoms with Crippen LogP contribution in [-0.2, 0) is 6.42 Å². The number of rotatable bonds is 2. The van der Waals surface area contributed by atoms with Gasteiger partial charge in [-0.05, 0) is 18.2 Å². The summed E-state index contributed by atoms with van der Waals surface area (Å²) in [4.78, 5) is 8.08. The minimum absolute atomic E-state index is 0.227. The van der Waals surface area contributed by atoms with E-state index in [9.17, 15) is 5.11 Å². The van der Waals surface area contributed by atoms with Gasteiger partial charge in [0.25, 0.3) is 0 Å². The molecule has 2 rings (SSSR count). The fraction of sp³-hybridized carbons (Fsp3) is 0.0909. The van der Waals surface area contributed by atoms with Crippen molar-refractivity contribution in [2.24, 2.45) is 0 Å². The summed E-state index contributed by atoms with van der Waals surface area (Å²) < 4.78 is 0. The van der Waals surface area contributed by atoms with E-state index in [1.165, 1.54) is 0 Å². The number of aromatic hydroxyl groups is 1. The number of nitrogens with zero attached hydrogens (tertiary/aromatic N) is 2. The molecule has 0 fully saturated rings. The standard InChI is InChI=1S/C11H9ClN2O/c12-9-1-2-11(15)8(5-9)6-10-7-13-3-4-14-10/h1-5,7,15H,6H2. The Hall–Kier alpha value is -1.61. The minimum atomic E-state index is 0.227. The molecule has 0 unspecified atom stereocenters. The van der Waals surface area contributed by atoms with Gasteiger partial charge in [-0.25, -0.2) is 0 Å². The summed E-state index contributed by atoms with van der Waals surface area (Å²) >= 11 is 5.84. The van der Waals surface area contributed by atoms with E-state index >= 15 is 0 Å². The van der Waals surface area contributed by atoms with Crippen LogP contribution < -0.4 is 0 Å². The lowest BCUT2D eigenvalue weighted by Gasteiger charge is -2.03. The van der Waals surface area contributed by atoms with Crippen LogP contribution in [0.1, 0.15) is 11.3 Å². The molecule has 76 valence electrons. The first-order valence-corrected chi connectivity index (χ1v) is 4.86. The van der Waals surface area contributed by atoms with E-state index in [1.807, 2.05) is 0 Å². The van der Waals surface area contributed by atoms with Crippen LogP contribution in [0.3, 0.4) is 0 Å². The molecule has 0 amide bonds. The van der Waals surface area contributed by atoms with Gasteiger partial charge in [0.1, 0.15) is 5.75 Å². The van der Waals surface area contributed by atoms with Crippen molar-refractivity contribution in [3.05, 3.63) is 53.1 Å². The summed E-state index contributed by atoms with van der Waals surface area (Å²) in [6.07, 6.45) is 5.43. The molecular weight excluding hydrogens is 212 g/mol. The highest BCUT2D eigenvalue weighted by molar-refractivity contribution is 6.30. The van der Waals surface area contributed by atoms with Gasteiger partial charge in [-0.1, -0.05) is 11.6 Å². The lowest BCUT2D eigenvalue weighted by Crippen LogP contribution is -1.93. The molecule has 1 aromatic carbocycles. The smallest absolute Gasteiger partial charge is 0.119 e. The second-order valence-electron chi connectivity index (χ2n) is 3.15. The zero-order chi connectivity index (χ0) is 10.7. The van der Waals surface area contributed by atoms with Crippen LogP contribution in [0.5, 0.6) is 5.75 Å². The average molecular weight is 221 g/mol. The Kier molecular flexibility index (Phi) is 2.83. The first kappa shape index (κ1) is 9.93. The van der Waals surface area contributed by atoms with E-state index in [0.29, 0.717) is 11.4 Å². The maximum Gasteiger partial charge on any atom is 0.119 e. The van der Waals surface area contributed by atoms with Gasteiger partial charge in [0.2, 0.25) is 0 Å². The van der Waals surface area contributed by atoms with Crippen molar-refractivity contribution in [2.75, 3.05) is 0 Å². The van der Waals surface area contributed by atoms with E-state index < -0.39 is 0 Å². The fourth-order valence-electron chi connectivity index (χ4n) is 1.31. The van der Waals surface area contributed by atoms with Gasteiger partial charge < -0.3 is 5.11 Å². The highest BCUT2D eigenvalue weighted by Gasteiger charge is 2.04. The molecule has 0 saturated heterocycles. The van der Waals surface area contributed by atoms with Gasteiger partial charge in [-0.2, -0.15) is 0 Å². The highest BCUT2D eigenvalue weighted by Crippen LogP contribution is 2.23. The predicted molar refractivity (Wildman–Crippen MR) is 58.0 cm³/mol. The summed E-state index contributed by atoms with van der Waals surface area (Å²) in [6.45, 7) is 0. The number of phenols is 1. The normalized spacial score (nSPS) is 10.2. The van der Waals surface area contributed by atoms with Crippen molar-refractivity contribution in [2.45, 2.75) is 6.42 Å². The van der Waals surface area contributed by atoms with Crippen LogP contribution in [-0.4, -0.2) is 15.1 Å². The molecule has 4 heteroatoms. The van der Waals surface area contributed by atoms with Crippen molar-refractivity contribution < 1.29 is 5.11 Å². The van der Waals surface area contributed by atoms with Crippen LogP contribution in [0.15, 0.2) is 36.8 Å². The van der Waals surface area contributed by atoms with E-state index in [4.69, 9.17) is 11.6 Å². The third kappa shape index (κ3) is 2.44. The second-order valence-corrected chi connectivity index (χ2v) is 3.58. The fourth-order valence-corrected chi connectivity index (χ4v) is 1.51. The van der Waals surface area contributed by atoms with Gasteiger partial charge in [-0.3, -0.25) is 9.97 Å². The third-order valence-corrected chi connectivity index (χ3v) is 2.26. The molecule has 0 saturated carbocycles. The summed E-state index contributed by atoms with van der Waals surface area (Å²) in [5, 5.41) is 10.2. The van der Waals surface area contributed by atoms with E-state index in [-0.39, 0.29) is 5.75 Å². The summed E-state index contributed by atoms with van der Waals surface area (Å²) in [5.74, 6) is 0.227. The van der Waals surface area contributed by atoms with Crippen molar-refractivity contribution in [1.82, 2.24) is 9.97 Å². The molecule has 1 aromatic heterocycles. The Bertz CT molecular complexity index is 459. The van der Waals surface area contributed by atoms with Crippen LogP contribution in [0.2, 0.25) is 5.02 Å². The van der Waals surface area contributed by atoms with E-state index in [0.717, 1.165) is 11.3 Å². The van der Waals surface area contributed by atoms with Crippen molar-refractivity contribution in [1.29, 1.82) is 0 Å². The molecule has 3 nitrogen and oxygen atoms in total. The maximum atomic E-state index is 9.59. The summed E-state index contributed by atoms with van der Waals surface area (Å²) in [7, 11) is 0. The molecule has 0 atom stereocenters. The quantitative estimate of drug-likeness (QED) is 0.846. The minimum Gasteiger partial charge on any atom is -0.508 e. The van der Waals surface area contributed by atoms with Crippen LogP contribution in [0, 0.1) is 0 Å². The molecule has 0 bridgehead atoms. The van der Waals surface area contributed by atoms with Gasteiger partial charge in [0, 0.05) is 35.6 Å². The van der Waals surface area contributed by atoms with Crippen LogP contribution >= 0.6 is 11.6 Å². The summed E-state index contributed by atoms with van der Waals surface area (Å²) in [6, 6.07) is 4.96. The molecular formula is C11H9ClN2O. The molecule has 1 N–H and O–H groups in total. The Morgan fingerprint density at radius 3 is 2.87 bits per heavy atom. The number of hydrogen-bond donors (Lipinski definition) is 1. The third-order valence-electron chi connectivity index (χ3n) is 2.03. The largest absolute Gasteiger partial charge is 0.508 e. The number of halogens is 1. The van der Waals surface area contributed by atoms with Gasteiger partial charge in [0.15, 0.2) is 0 Å². The Labute approximate surface area is 92.4 Å². The van der Waals surface area contributed by atoms with Gasteiger partial charge >= 0.3 is 0 Å². The van der Waals surface area contributed by atoms with Crippen molar-refractivity contribution in [3.63, 3.8) is 0 Å². The predicted octanol–water partition coefficient (Wildman–Crippen LogP) is 2.43. The first-order chi connectivity index (χ1) is 7.25. The van der Waals surface area contributed by atoms with Gasteiger partial charge in [0.05, 0.1) is 5.69 Å². The number of aromatic nitrogens is 2. The average Bonchev–Trinajstić information content (AvgIpc) is 2.25. The Morgan fingerprint density at radius 2 is 2.13 bits per heavy atom. The van der Waals surface area contributed by atoms with Crippen LogP contribution in [0.25, 0.3) is 0 Å². The first-order valence-electron chi connectivity index (χ1n) is 4.48. The lowest BCUT2D eigenvalue weighted by molar-refractivity contribution is 0.469. The topological polar surface area (TPSA) is 46.0 Å². The van der Waals surface area contributed by atoms with E-state index in [1.54, 1.807) is 36.8 Å². The van der Waals surface area contributed by atoms with E-state index in [2.05, 4.69) is 9.97 Å². The summed E-state index contributed by atoms with van der Waals surface area (Å²) in [5.41, 5.74) is 1.55. The number of hydrogen-bond acceptors (Lipinski definition) is 3. The molecule has 1 heterocycles. The Morgan fingerprint density at radius 1 is 1.27 bits per heavy atom. The molecule has 0 aliphatic carbocycles. The van der Waals surface area contributed by atoms with Crippen molar-refractivity contribution in [3.8, 4) is 5.75 Å². The molecule has 15 heavy (non-hydrogen) atoms. The van der Waals surface area contributed by atoms with Crippen molar-refractivity contribution >= 4 is 11.6 Å². The molecule has 2 aromatic rings. The second kappa shape index (κ2) is 4.28. The molecule has 0 aliphatic heterocycles. The SMILES string of the molecule is Oc1ccc(Cl)cc1Cc1cnccn1. The zero-order valence-electron chi connectivity index (χ0n) is 7.89. The monoisotopic (exact) mass is 220 g/mol. The van der Waals surface area contributed by atoms with Crippen LogP contribution in [0.4, 0.5) is 0 Å². The Balaban J connectivity index is 2.28. The highest BCUT2D eigenvalue weighted by atomic mass is 35.5. The molecule has 0 radical (unpaired) electrons. The molecule has 0 aliphatic rings. The lowest BCUT2D eigenvalue weighted by atomic mass is 10.1. The maximum absolute atomic E-state index is 9.59. The molecule has 0 spiro atoms.